The van der Waals surface area contributed by atoms with E-state index in [2.05, 4.69) is 10.3 Å². The zero-order valence-corrected chi connectivity index (χ0v) is 18.9. The third-order valence-corrected chi connectivity index (χ3v) is 5.49. The number of anilines is 1. The van der Waals surface area contributed by atoms with Crippen LogP contribution in [0.2, 0.25) is 0 Å². The number of ether oxygens (including phenoxy) is 1. The Morgan fingerprint density at radius 3 is 2.55 bits per heavy atom. The van der Waals surface area contributed by atoms with Crippen LogP contribution in [0.5, 0.6) is 0 Å². The molecule has 11 heteroatoms. The number of hydrogen-bond donors (Lipinski definition) is 1. The van der Waals surface area contributed by atoms with E-state index in [-0.39, 0.29) is 24.0 Å². The van der Waals surface area contributed by atoms with Crippen LogP contribution in [0.4, 0.5) is 23.7 Å². The molecule has 1 fully saturated rings. The number of alkyl halides is 3. The summed E-state index contributed by atoms with van der Waals surface area (Å²) in [5.74, 6) is -0.658. The molecular weight excluding hydrogens is 439 g/mol. The van der Waals surface area contributed by atoms with Gasteiger partial charge < -0.3 is 15.0 Å². The van der Waals surface area contributed by atoms with Crippen molar-refractivity contribution in [1.82, 2.24) is 19.8 Å². The molecule has 178 valence electrons. The monoisotopic (exact) mass is 465 g/mol. The lowest BCUT2D eigenvalue weighted by atomic mass is 10.1. The number of amides is 2. The number of nitrogens with zero attached hydrogens (tertiary/aromatic N) is 4. The normalized spacial score (nSPS) is 18.6. The fourth-order valence-electron chi connectivity index (χ4n) is 4.03. The van der Waals surface area contributed by atoms with Crippen molar-refractivity contribution in [2.24, 2.45) is 0 Å². The van der Waals surface area contributed by atoms with Gasteiger partial charge in [0.15, 0.2) is 5.69 Å². The number of carbonyl (C=O) groups excluding carboxylic acids is 2. The first-order valence-corrected chi connectivity index (χ1v) is 10.7. The second-order valence-electron chi connectivity index (χ2n) is 9.28. The molecule has 4 rings (SSSR count). The highest BCUT2D eigenvalue weighted by atomic mass is 19.4. The molecule has 1 aromatic carbocycles. The summed E-state index contributed by atoms with van der Waals surface area (Å²) in [5.41, 5.74) is -0.753. The molecule has 2 aliphatic heterocycles. The van der Waals surface area contributed by atoms with Crippen LogP contribution in [0.25, 0.3) is 5.69 Å². The van der Waals surface area contributed by atoms with Crippen molar-refractivity contribution < 1.29 is 27.5 Å². The van der Waals surface area contributed by atoms with Gasteiger partial charge in [-0.2, -0.15) is 13.2 Å². The van der Waals surface area contributed by atoms with Crippen molar-refractivity contribution in [2.45, 2.75) is 52.1 Å². The highest BCUT2D eigenvalue weighted by Gasteiger charge is 2.38. The van der Waals surface area contributed by atoms with E-state index in [1.165, 1.54) is 17.3 Å². The van der Waals surface area contributed by atoms with Gasteiger partial charge in [-0.3, -0.25) is 9.47 Å². The summed E-state index contributed by atoms with van der Waals surface area (Å²) >= 11 is 0. The first-order chi connectivity index (χ1) is 15.3. The molecule has 2 aliphatic rings. The third-order valence-electron chi connectivity index (χ3n) is 5.49. The van der Waals surface area contributed by atoms with Gasteiger partial charge in [0.1, 0.15) is 11.9 Å². The van der Waals surface area contributed by atoms with Gasteiger partial charge in [-0.1, -0.05) is 0 Å². The molecule has 1 saturated heterocycles. The summed E-state index contributed by atoms with van der Waals surface area (Å²) in [6.45, 7) is 8.42. The molecule has 1 aromatic heterocycles. The van der Waals surface area contributed by atoms with Crippen LogP contribution >= 0.6 is 0 Å². The van der Waals surface area contributed by atoms with Gasteiger partial charge in [0, 0.05) is 25.7 Å². The minimum atomic E-state index is -4.57. The van der Waals surface area contributed by atoms with Crippen molar-refractivity contribution in [3.8, 4) is 5.69 Å². The van der Waals surface area contributed by atoms with Gasteiger partial charge >= 0.3 is 18.2 Å². The van der Waals surface area contributed by atoms with Gasteiger partial charge in [0.2, 0.25) is 0 Å². The Kier molecular flexibility index (Phi) is 5.63. The number of rotatable bonds is 1. The number of aromatic nitrogens is 2. The van der Waals surface area contributed by atoms with Crippen LogP contribution in [0, 0.1) is 0 Å². The van der Waals surface area contributed by atoms with Gasteiger partial charge in [-0.15, -0.1) is 0 Å². The number of carbonyl (C=O) groups is 2. The number of nitrogens with one attached hydrogen (secondary N) is 1. The fraction of sp³-hybridized carbons (Fsp3) is 0.500. The van der Waals surface area contributed by atoms with E-state index in [1.54, 1.807) is 30.2 Å². The molecule has 2 aromatic rings. The van der Waals surface area contributed by atoms with E-state index in [1.807, 2.05) is 6.92 Å². The van der Waals surface area contributed by atoms with E-state index in [0.717, 1.165) is 12.1 Å². The van der Waals surface area contributed by atoms with Crippen molar-refractivity contribution in [2.75, 3.05) is 24.5 Å². The highest BCUT2D eigenvalue weighted by molar-refractivity contribution is 5.97. The quantitative estimate of drug-likeness (QED) is 0.652. The van der Waals surface area contributed by atoms with E-state index in [9.17, 15) is 22.8 Å². The Labute approximate surface area is 189 Å². The van der Waals surface area contributed by atoms with Crippen LogP contribution in [-0.2, 0) is 17.5 Å². The zero-order chi connectivity index (χ0) is 24.1. The number of hydrogen-bond acceptors (Lipinski definition) is 5. The van der Waals surface area contributed by atoms with Crippen LogP contribution in [-0.4, -0.2) is 57.7 Å². The number of urea groups is 1. The Morgan fingerprint density at radius 2 is 1.91 bits per heavy atom. The van der Waals surface area contributed by atoms with E-state index >= 15 is 0 Å². The molecule has 33 heavy (non-hydrogen) atoms. The van der Waals surface area contributed by atoms with Gasteiger partial charge in [0.05, 0.1) is 29.2 Å². The molecule has 0 unspecified atom stereocenters. The molecule has 2 amide bonds. The Bertz CT molecular complexity index is 1090. The standard InChI is InChI=1S/C22H26F3N5O3/c1-13-10-28(8-7-26-13)20(32)29-11-17-18(19(31)33-21(2,3)4)27-12-30(17)15-6-5-14(9-16(15)29)22(23,24)25/h5-6,9,12-13,26H,7-8,10-11H2,1-4H3/t13-/m1/s1. The number of imidazole rings is 1. The second kappa shape index (κ2) is 8.05. The average Bonchev–Trinajstić information content (AvgIpc) is 3.14. The molecule has 0 radical (unpaired) electrons. The number of fused-ring (bicyclic) bond motifs is 3. The maximum absolute atomic E-state index is 13.5. The number of benzene rings is 1. The van der Waals surface area contributed by atoms with E-state index < -0.39 is 29.3 Å². The number of halogens is 3. The summed E-state index contributed by atoms with van der Waals surface area (Å²) in [4.78, 5) is 33.3. The maximum Gasteiger partial charge on any atom is 0.416 e. The Hall–Kier alpha value is -3.08. The fourth-order valence-corrected chi connectivity index (χ4v) is 4.03. The zero-order valence-electron chi connectivity index (χ0n) is 18.9. The molecule has 1 N–H and O–H groups in total. The Balaban J connectivity index is 1.79. The topological polar surface area (TPSA) is 79.7 Å². The third kappa shape index (κ3) is 4.54. The minimum absolute atomic E-state index is 0.0296. The molecule has 0 saturated carbocycles. The van der Waals surface area contributed by atoms with Crippen LogP contribution in [0.15, 0.2) is 24.5 Å². The summed E-state index contributed by atoms with van der Waals surface area (Å²) in [6, 6.07) is 2.84. The lowest BCUT2D eigenvalue weighted by Gasteiger charge is -2.38. The van der Waals surface area contributed by atoms with Gasteiger partial charge in [0.25, 0.3) is 0 Å². The average molecular weight is 465 g/mol. The van der Waals surface area contributed by atoms with Crippen LogP contribution in [0.3, 0.4) is 0 Å². The first kappa shape index (κ1) is 23.1. The molecular formula is C22H26F3N5O3. The van der Waals surface area contributed by atoms with Crippen molar-refractivity contribution in [3.63, 3.8) is 0 Å². The molecule has 0 bridgehead atoms. The molecule has 1 atom stereocenters. The summed E-state index contributed by atoms with van der Waals surface area (Å²) in [7, 11) is 0. The summed E-state index contributed by atoms with van der Waals surface area (Å²) in [5, 5.41) is 3.24. The minimum Gasteiger partial charge on any atom is -0.455 e. The van der Waals surface area contributed by atoms with Gasteiger partial charge in [-0.05, 0) is 45.9 Å². The predicted octanol–water partition coefficient (Wildman–Crippen LogP) is 3.58. The molecule has 8 nitrogen and oxygen atoms in total. The van der Waals surface area contributed by atoms with Gasteiger partial charge in [-0.25, -0.2) is 14.6 Å². The van der Waals surface area contributed by atoms with Crippen LogP contribution in [0.1, 0.15) is 49.4 Å². The summed E-state index contributed by atoms with van der Waals surface area (Å²) < 4.78 is 47.3. The largest absolute Gasteiger partial charge is 0.455 e. The second-order valence-corrected chi connectivity index (χ2v) is 9.28. The number of esters is 1. The van der Waals surface area contributed by atoms with E-state index in [0.29, 0.717) is 31.0 Å². The lowest BCUT2D eigenvalue weighted by molar-refractivity contribution is -0.137. The lowest BCUT2D eigenvalue weighted by Crippen LogP contribution is -2.55. The first-order valence-electron chi connectivity index (χ1n) is 10.7. The van der Waals surface area contributed by atoms with Crippen LogP contribution < -0.4 is 10.2 Å². The SMILES string of the molecule is C[C@@H]1CN(C(=O)N2Cc3c(C(=O)OC(C)(C)C)ncn3-c3ccc(C(F)(F)F)cc32)CCN1. The van der Waals surface area contributed by atoms with Crippen molar-refractivity contribution in [1.29, 1.82) is 0 Å². The molecule has 0 aliphatic carbocycles. The maximum atomic E-state index is 13.5. The van der Waals surface area contributed by atoms with Crippen molar-refractivity contribution in [3.05, 3.63) is 41.5 Å². The summed E-state index contributed by atoms with van der Waals surface area (Å²) in [6.07, 6.45) is -3.19. The smallest absolute Gasteiger partial charge is 0.416 e. The number of piperazine rings is 1. The molecule has 0 spiro atoms. The molecule has 3 heterocycles. The van der Waals surface area contributed by atoms with E-state index in [4.69, 9.17) is 4.74 Å². The van der Waals surface area contributed by atoms with Crippen molar-refractivity contribution >= 4 is 17.7 Å². The predicted molar refractivity (Wildman–Crippen MR) is 114 cm³/mol. The highest BCUT2D eigenvalue weighted by Crippen LogP contribution is 2.39. The Morgan fingerprint density at radius 1 is 1.18 bits per heavy atom.